The molecule has 0 amide bonds. The van der Waals surface area contributed by atoms with E-state index in [1.165, 1.54) is 5.71 Å². The molecular weight excluding hydrogens is 156 g/mol. The summed E-state index contributed by atoms with van der Waals surface area (Å²) in [4.78, 5) is 0. The molecule has 0 unspecified atom stereocenters. The zero-order valence-electron chi connectivity index (χ0n) is 7.29. The van der Waals surface area contributed by atoms with Crippen LogP contribution in [0, 0.1) is 0 Å². The minimum Gasteiger partial charge on any atom is -0.163 e. The quantitative estimate of drug-likeness (QED) is 0.624. The molecule has 1 heterocycles. The molecule has 0 radical (unpaired) electrons. The highest BCUT2D eigenvalue weighted by atomic mass is 32.2. The summed E-state index contributed by atoms with van der Waals surface area (Å²) in [6.45, 7) is 6.65. The average Bonchev–Trinajstić information content (AvgIpc) is 2.32. The van der Waals surface area contributed by atoms with Gasteiger partial charge in [-0.2, -0.15) is 10.2 Å². The summed E-state index contributed by atoms with van der Waals surface area (Å²) < 4.78 is 0.338. The Balaban J connectivity index is 2.23. The minimum absolute atomic E-state index is 0.338. The second-order valence-electron chi connectivity index (χ2n) is 3.57. The fourth-order valence-electron chi connectivity index (χ4n) is 0.697. The molecule has 1 aliphatic heterocycles. The third-order valence-electron chi connectivity index (χ3n) is 1.28. The number of hydrogen-bond donors (Lipinski definition) is 0. The van der Waals surface area contributed by atoms with Gasteiger partial charge in [-0.15, -0.1) is 11.8 Å². The Kier molecular flexibility index (Phi) is 2.71. The van der Waals surface area contributed by atoms with Gasteiger partial charge in [-0.1, -0.05) is 20.8 Å². The lowest BCUT2D eigenvalue weighted by atomic mass is 10.3. The van der Waals surface area contributed by atoms with E-state index in [-0.39, 0.29) is 0 Å². The van der Waals surface area contributed by atoms with E-state index in [2.05, 4.69) is 31.0 Å². The molecule has 2 nitrogen and oxygen atoms in total. The molecule has 1 rings (SSSR count). The number of hydrogen-bond acceptors (Lipinski definition) is 3. The van der Waals surface area contributed by atoms with Gasteiger partial charge in [0.25, 0.3) is 0 Å². The van der Waals surface area contributed by atoms with Crippen LogP contribution in [0.25, 0.3) is 0 Å². The van der Waals surface area contributed by atoms with Crippen LogP contribution in [0.2, 0.25) is 0 Å². The van der Waals surface area contributed by atoms with Crippen LogP contribution in [0.5, 0.6) is 0 Å². The highest BCUT2D eigenvalue weighted by Gasteiger charge is 2.12. The molecule has 0 spiro atoms. The topological polar surface area (TPSA) is 24.7 Å². The van der Waals surface area contributed by atoms with Crippen molar-refractivity contribution < 1.29 is 0 Å². The summed E-state index contributed by atoms with van der Waals surface area (Å²) in [5, 5.41) is 7.82. The fraction of sp³-hybridized carbons (Fsp3) is 0.750. The predicted octanol–water partition coefficient (Wildman–Crippen LogP) is 2.35. The number of nitrogens with zero attached hydrogens (tertiary/aromatic N) is 2. The first kappa shape index (κ1) is 8.78. The van der Waals surface area contributed by atoms with E-state index < -0.39 is 0 Å². The SMILES string of the molecule is CC(C)(C)SCC1=NN=CC1. The van der Waals surface area contributed by atoms with E-state index in [1.54, 1.807) is 0 Å². The molecule has 0 aromatic rings. The van der Waals surface area contributed by atoms with Crippen molar-refractivity contribution >= 4 is 23.7 Å². The zero-order valence-corrected chi connectivity index (χ0v) is 8.11. The largest absolute Gasteiger partial charge is 0.163 e. The first-order valence-electron chi connectivity index (χ1n) is 3.79. The second-order valence-corrected chi connectivity index (χ2v) is 5.37. The van der Waals surface area contributed by atoms with Gasteiger partial charge in [0.15, 0.2) is 0 Å². The smallest absolute Gasteiger partial charge is 0.0558 e. The maximum absolute atomic E-state index is 4.00. The monoisotopic (exact) mass is 170 g/mol. The molecule has 11 heavy (non-hydrogen) atoms. The van der Waals surface area contributed by atoms with Gasteiger partial charge in [-0.25, -0.2) is 0 Å². The first-order chi connectivity index (χ1) is 5.08. The van der Waals surface area contributed by atoms with E-state index in [0.717, 1.165) is 12.2 Å². The number of rotatable bonds is 2. The maximum Gasteiger partial charge on any atom is 0.0558 e. The molecule has 0 saturated heterocycles. The lowest BCUT2D eigenvalue weighted by molar-refractivity contribution is 0.805. The van der Waals surface area contributed by atoms with Crippen LogP contribution in [-0.2, 0) is 0 Å². The van der Waals surface area contributed by atoms with Crippen molar-refractivity contribution in [2.45, 2.75) is 31.9 Å². The van der Waals surface area contributed by atoms with Gasteiger partial charge in [0.05, 0.1) is 5.71 Å². The van der Waals surface area contributed by atoms with E-state index in [4.69, 9.17) is 0 Å². The lowest BCUT2D eigenvalue weighted by Crippen LogP contribution is -2.12. The Morgan fingerprint density at radius 2 is 2.27 bits per heavy atom. The Morgan fingerprint density at radius 1 is 1.55 bits per heavy atom. The molecule has 0 saturated carbocycles. The molecule has 0 aromatic carbocycles. The van der Waals surface area contributed by atoms with Crippen LogP contribution in [0.1, 0.15) is 27.2 Å². The minimum atomic E-state index is 0.338. The standard InChI is InChI=1S/C8H14N2S/c1-8(2,3)11-6-7-4-5-9-10-7/h5H,4,6H2,1-3H3. The Hall–Kier alpha value is -0.310. The van der Waals surface area contributed by atoms with Crippen molar-refractivity contribution in [1.82, 2.24) is 0 Å². The van der Waals surface area contributed by atoms with E-state index in [0.29, 0.717) is 4.75 Å². The average molecular weight is 170 g/mol. The molecule has 0 fully saturated rings. The van der Waals surface area contributed by atoms with Gasteiger partial charge < -0.3 is 0 Å². The van der Waals surface area contributed by atoms with Gasteiger partial charge in [0.2, 0.25) is 0 Å². The Bertz CT molecular complexity index is 189. The molecule has 0 aromatic heterocycles. The highest BCUT2D eigenvalue weighted by molar-refractivity contribution is 8.01. The molecule has 0 atom stereocenters. The Morgan fingerprint density at radius 3 is 2.73 bits per heavy atom. The molecule has 0 N–H and O–H groups in total. The highest BCUT2D eigenvalue weighted by Crippen LogP contribution is 2.23. The molecule has 62 valence electrons. The van der Waals surface area contributed by atoms with Crippen LogP contribution >= 0.6 is 11.8 Å². The van der Waals surface area contributed by atoms with Crippen molar-refractivity contribution in [3.05, 3.63) is 0 Å². The maximum atomic E-state index is 4.00. The van der Waals surface area contributed by atoms with Crippen LogP contribution in [0.4, 0.5) is 0 Å². The summed E-state index contributed by atoms with van der Waals surface area (Å²) >= 11 is 1.92. The number of thioether (sulfide) groups is 1. The summed E-state index contributed by atoms with van der Waals surface area (Å²) in [6.07, 6.45) is 2.81. The van der Waals surface area contributed by atoms with Crippen molar-refractivity contribution in [3.8, 4) is 0 Å². The van der Waals surface area contributed by atoms with E-state index in [1.807, 2.05) is 18.0 Å². The van der Waals surface area contributed by atoms with Crippen LogP contribution in [0.15, 0.2) is 10.2 Å². The third kappa shape index (κ3) is 3.56. The normalized spacial score (nSPS) is 17.2. The molecular formula is C8H14N2S. The predicted molar refractivity (Wildman–Crippen MR) is 52.8 cm³/mol. The van der Waals surface area contributed by atoms with Gasteiger partial charge >= 0.3 is 0 Å². The van der Waals surface area contributed by atoms with Crippen molar-refractivity contribution in [1.29, 1.82) is 0 Å². The molecule has 0 aliphatic carbocycles. The third-order valence-corrected chi connectivity index (χ3v) is 2.62. The summed E-state index contributed by atoms with van der Waals surface area (Å²) in [7, 11) is 0. The van der Waals surface area contributed by atoms with E-state index in [9.17, 15) is 0 Å². The second kappa shape index (κ2) is 3.39. The fourth-order valence-corrected chi connectivity index (χ4v) is 1.47. The zero-order chi connectivity index (χ0) is 8.32. The van der Waals surface area contributed by atoms with Gasteiger partial charge in [0, 0.05) is 23.1 Å². The van der Waals surface area contributed by atoms with Crippen molar-refractivity contribution in [3.63, 3.8) is 0 Å². The van der Waals surface area contributed by atoms with Crippen LogP contribution < -0.4 is 0 Å². The van der Waals surface area contributed by atoms with Crippen LogP contribution in [-0.4, -0.2) is 22.4 Å². The summed E-state index contributed by atoms with van der Waals surface area (Å²) in [5.74, 6) is 1.02. The van der Waals surface area contributed by atoms with Crippen molar-refractivity contribution in [2.75, 3.05) is 5.75 Å². The van der Waals surface area contributed by atoms with Crippen molar-refractivity contribution in [2.24, 2.45) is 10.2 Å². The summed E-state index contributed by atoms with van der Waals surface area (Å²) in [6, 6.07) is 0. The first-order valence-corrected chi connectivity index (χ1v) is 4.78. The Labute approximate surface area is 72.2 Å². The molecule has 1 aliphatic rings. The van der Waals surface area contributed by atoms with Gasteiger partial charge in [0.1, 0.15) is 0 Å². The van der Waals surface area contributed by atoms with Gasteiger partial charge in [-0.05, 0) is 0 Å². The van der Waals surface area contributed by atoms with Gasteiger partial charge in [-0.3, -0.25) is 0 Å². The molecule has 3 heteroatoms. The van der Waals surface area contributed by atoms with Crippen LogP contribution in [0.3, 0.4) is 0 Å². The summed E-state index contributed by atoms with van der Waals surface area (Å²) in [5.41, 5.74) is 1.20. The lowest BCUT2D eigenvalue weighted by Gasteiger charge is -2.16. The molecule has 0 bridgehead atoms. The van der Waals surface area contributed by atoms with E-state index >= 15 is 0 Å².